The molecular weight excluding hydrogens is 470 g/mol. The second-order valence-corrected chi connectivity index (χ2v) is 10.3. The Morgan fingerprint density at radius 3 is 2.65 bits per heavy atom. The van der Waals surface area contributed by atoms with Crippen LogP contribution < -0.4 is 11.1 Å². The van der Waals surface area contributed by atoms with E-state index in [-0.39, 0.29) is 24.5 Å². The number of benzene rings is 1. The first-order valence-corrected chi connectivity index (χ1v) is 13.2. The first-order valence-electron chi connectivity index (χ1n) is 11.4. The van der Waals surface area contributed by atoms with E-state index in [1.165, 1.54) is 11.3 Å². The Hall–Kier alpha value is -2.69. The number of thioether (sulfide) groups is 1. The summed E-state index contributed by atoms with van der Waals surface area (Å²) >= 11 is 3.03. The number of anilines is 1. The number of aryl methyl sites for hydroxylation is 1. The van der Waals surface area contributed by atoms with Gasteiger partial charge in [0.25, 0.3) is 0 Å². The molecule has 0 atom stereocenters. The molecule has 4 rings (SSSR count). The second-order valence-electron chi connectivity index (χ2n) is 8.21. The number of thiophene rings is 1. The number of hydrogen-bond donors (Lipinski definition) is 2. The van der Waals surface area contributed by atoms with Crippen molar-refractivity contribution in [1.82, 2.24) is 14.9 Å². The first-order chi connectivity index (χ1) is 16.4. The van der Waals surface area contributed by atoms with E-state index in [1.54, 1.807) is 18.7 Å². The number of nitrogens with two attached hydrogens (primary N) is 1. The van der Waals surface area contributed by atoms with Crippen molar-refractivity contribution < 1.29 is 14.3 Å². The maximum absolute atomic E-state index is 12.5. The molecule has 0 spiro atoms. The number of amides is 1. The Morgan fingerprint density at radius 2 is 1.97 bits per heavy atom. The van der Waals surface area contributed by atoms with Gasteiger partial charge in [0.05, 0.1) is 24.3 Å². The highest BCUT2D eigenvalue weighted by atomic mass is 32.2. The lowest BCUT2D eigenvalue weighted by Gasteiger charge is -2.31. The normalized spacial score (nSPS) is 14.9. The number of hydrogen-bond acceptors (Lipinski definition) is 9. The highest BCUT2D eigenvalue weighted by molar-refractivity contribution is 7.98. The van der Waals surface area contributed by atoms with E-state index in [4.69, 9.17) is 20.4 Å². The van der Waals surface area contributed by atoms with Crippen molar-refractivity contribution in [2.45, 2.75) is 43.4 Å². The van der Waals surface area contributed by atoms with Gasteiger partial charge in [-0.2, -0.15) is 0 Å². The molecule has 1 amide bonds. The number of carbonyl (C=O) groups is 2. The maximum atomic E-state index is 12.5. The highest BCUT2D eigenvalue weighted by Crippen LogP contribution is 2.36. The Bertz CT molecular complexity index is 1160. The van der Waals surface area contributed by atoms with Crippen LogP contribution in [0.15, 0.2) is 35.2 Å². The third kappa shape index (κ3) is 5.86. The van der Waals surface area contributed by atoms with E-state index in [0.717, 1.165) is 52.4 Å². The van der Waals surface area contributed by atoms with E-state index in [9.17, 15) is 9.59 Å². The maximum Gasteiger partial charge on any atom is 0.348 e. The van der Waals surface area contributed by atoms with Crippen LogP contribution in [0.1, 0.15) is 40.8 Å². The third-order valence-corrected chi connectivity index (χ3v) is 7.89. The number of nitrogens with one attached hydrogen (secondary N) is 1. The Labute approximate surface area is 207 Å². The lowest BCUT2D eigenvalue weighted by molar-refractivity contribution is -0.119. The summed E-state index contributed by atoms with van der Waals surface area (Å²) < 4.78 is 5.26. The number of primary amides is 1. The standard InChI is InChI=1S/C24H29N5O3S2/c1-3-32-24(31)21-15(2)20-22(26-16-9-11-29(12-10-16)13-18(25)30)27-19(28-23(20)34-21)14-33-17-7-5-4-6-8-17/h4-8,16H,3,9-14H2,1-2H3,(H2,25,30)(H,26,27,28). The summed E-state index contributed by atoms with van der Waals surface area (Å²) in [5, 5.41) is 4.49. The highest BCUT2D eigenvalue weighted by Gasteiger charge is 2.25. The van der Waals surface area contributed by atoms with Crippen molar-refractivity contribution in [1.29, 1.82) is 0 Å². The summed E-state index contributed by atoms with van der Waals surface area (Å²) in [6.45, 7) is 5.93. The fourth-order valence-electron chi connectivity index (χ4n) is 4.06. The Morgan fingerprint density at radius 1 is 1.24 bits per heavy atom. The topological polar surface area (TPSA) is 110 Å². The number of aromatic nitrogens is 2. The molecular formula is C24H29N5O3S2. The number of esters is 1. The number of carbonyl (C=O) groups excluding carboxylic acids is 2. The molecule has 34 heavy (non-hydrogen) atoms. The van der Waals surface area contributed by atoms with Crippen LogP contribution in [-0.4, -0.2) is 59.0 Å². The van der Waals surface area contributed by atoms with Crippen LogP contribution in [0.25, 0.3) is 10.2 Å². The van der Waals surface area contributed by atoms with E-state index < -0.39 is 0 Å². The number of likely N-dealkylation sites (tertiary alicyclic amines) is 1. The van der Waals surface area contributed by atoms with Crippen molar-refractivity contribution in [3.05, 3.63) is 46.6 Å². The van der Waals surface area contributed by atoms with E-state index in [0.29, 0.717) is 23.1 Å². The second kappa shape index (κ2) is 11.2. The first kappa shape index (κ1) is 24.4. The van der Waals surface area contributed by atoms with Crippen LogP contribution in [0.4, 0.5) is 5.82 Å². The SMILES string of the molecule is CCOC(=O)c1sc2nc(CSc3ccccc3)nc(NC3CCN(CC(N)=O)CC3)c2c1C. The fourth-order valence-corrected chi connectivity index (χ4v) is 5.93. The van der Waals surface area contributed by atoms with Gasteiger partial charge >= 0.3 is 5.97 Å². The minimum Gasteiger partial charge on any atom is -0.462 e. The van der Waals surface area contributed by atoms with Gasteiger partial charge in [-0.25, -0.2) is 14.8 Å². The van der Waals surface area contributed by atoms with Gasteiger partial charge in [-0.1, -0.05) is 18.2 Å². The average molecular weight is 500 g/mol. The summed E-state index contributed by atoms with van der Waals surface area (Å²) in [5.41, 5.74) is 6.19. The zero-order valence-corrected chi connectivity index (χ0v) is 21.0. The molecule has 3 heterocycles. The van der Waals surface area contributed by atoms with E-state index >= 15 is 0 Å². The number of fused-ring (bicyclic) bond motifs is 1. The Kier molecular flexibility index (Phi) is 8.02. The molecule has 1 aliphatic heterocycles. The van der Waals surface area contributed by atoms with Gasteiger partial charge in [0, 0.05) is 24.0 Å². The largest absolute Gasteiger partial charge is 0.462 e. The van der Waals surface area contributed by atoms with Gasteiger partial charge in [-0.15, -0.1) is 23.1 Å². The molecule has 1 aliphatic rings. The molecule has 3 N–H and O–H groups in total. The van der Waals surface area contributed by atoms with Gasteiger partial charge in [-0.3, -0.25) is 9.69 Å². The number of rotatable bonds is 9. The summed E-state index contributed by atoms with van der Waals surface area (Å²) in [6.07, 6.45) is 1.75. The zero-order valence-electron chi connectivity index (χ0n) is 19.4. The number of nitrogens with zero attached hydrogens (tertiary/aromatic N) is 3. The minimum atomic E-state index is -0.325. The molecule has 1 aromatic carbocycles. The lowest BCUT2D eigenvalue weighted by atomic mass is 10.0. The van der Waals surface area contributed by atoms with Crippen molar-refractivity contribution in [2.75, 3.05) is 31.6 Å². The molecule has 0 saturated carbocycles. The van der Waals surface area contributed by atoms with Crippen molar-refractivity contribution in [2.24, 2.45) is 5.73 Å². The molecule has 0 bridgehead atoms. The molecule has 0 aliphatic carbocycles. The molecule has 180 valence electrons. The number of ether oxygens (including phenoxy) is 1. The monoisotopic (exact) mass is 499 g/mol. The zero-order chi connectivity index (χ0) is 24.1. The van der Waals surface area contributed by atoms with Crippen molar-refractivity contribution >= 4 is 51.0 Å². The van der Waals surface area contributed by atoms with Gasteiger partial charge < -0.3 is 15.8 Å². The lowest BCUT2D eigenvalue weighted by Crippen LogP contribution is -2.43. The minimum absolute atomic E-state index is 0.210. The molecule has 8 nitrogen and oxygen atoms in total. The van der Waals surface area contributed by atoms with Crippen LogP contribution in [0.3, 0.4) is 0 Å². The molecule has 3 aromatic rings. The van der Waals surface area contributed by atoms with E-state index in [1.807, 2.05) is 25.1 Å². The summed E-state index contributed by atoms with van der Waals surface area (Å²) in [6, 6.07) is 10.4. The average Bonchev–Trinajstić information content (AvgIpc) is 3.16. The van der Waals surface area contributed by atoms with Crippen molar-refractivity contribution in [3.8, 4) is 0 Å². The quantitative estimate of drug-likeness (QED) is 0.338. The molecule has 2 aromatic heterocycles. The predicted octanol–water partition coefficient (Wildman–Crippen LogP) is 3.83. The third-order valence-electron chi connectivity index (χ3n) is 5.72. The summed E-state index contributed by atoms with van der Waals surface area (Å²) in [7, 11) is 0. The van der Waals surface area contributed by atoms with Crippen LogP contribution in [0.5, 0.6) is 0 Å². The summed E-state index contributed by atoms with van der Waals surface area (Å²) in [5.74, 6) is 1.47. The van der Waals surface area contributed by atoms with Gasteiger partial charge in [0.2, 0.25) is 5.91 Å². The molecule has 1 fully saturated rings. The molecule has 0 unspecified atom stereocenters. The molecule has 0 radical (unpaired) electrons. The molecule has 1 saturated heterocycles. The van der Waals surface area contributed by atoms with Gasteiger partial charge in [0.1, 0.15) is 21.3 Å². The fraction of sp³-hybridized carbons (Fsp3) is 0.417. The van der Waals surface area contributed by atoms with Gasteiger partial charge in [-0.05, 0) is 44.4 Å². The van der Waals surface area contributed by atoms with Gasteiger partial charge in [0.15, 0.2) is 0 Å². The van der Waals surface area contributed by atoms with Crippen LogP contribution in [0.2, 0.25) is 0 Å². The van der Waals surface area contributed by atoms with Crippen LogP contribution >= 0.6 is 23.1 Å². The Balaban J connectivity index is 1.60. The van der Waals surface area contributed by atoms with Crippen molar-refractivity contribution in [3.63, 3.8) is 0 Å². The summed E-state index contributed by atoms with van der Waals surface area (Å²) in [4.78, 5) is 38.0. The number of piperidine rings is 1. The molecule has 10 heteroatoms. The smallest absolute Gasteiger partial charge is 0.348 e. The predicted molar refractivity (Wildman–Crippen MR) is 136 cm³/mol. The van der Waals surface area contributed by atoms with E-state index in [2.05, 4.69) is 22.3 Å². The van der Waals surface area contributed by atoms with Crippen LogP contribution in [-0.2, 0) is 15.3 Å². The van der Waals surface area contributed by atoms with Crippen LogP contribution in [0, 0.1) is 6.92 Å².